The van der Waals surface area contributed by atoms with Crippen molar-refractivity contribution < 1.29 is 4.79 Å². The number of fused-ring (bicyclic) bond motifs is 1. The summed E-state index contributed by atoms with van der Waals surface area (Å²) in [6, 6.07) is 14.8. The van der Waals surface area contributed by atoms with Gasteiger partial charge in [0.25, 0.3) is 0 Å². The van der Waals surface area contributed by atoms with Crippen LogP contribution in [0.4, 0.5) is 17.1 Å². The first kappa shape index (κ1) is 13.9. The van der Waals surface area contributed by atoms with Gasteiger partial charge < -0.3 is 15.5 Å². The average molecular weight is 318 g/mol. The zero-order valence-corrected chi connectivity index (χ0v) is 12.5. The highest BCUT2D eigenvalue weighted by atomic mass is 35.5. The number of hydrogen-bond acceptors (Lipinski definition) is 2. The number of halogens is 1. The van der Waals surface area contributed by atoms with Gasteiger partial charge in [-0.15, -0.1) is 0 Å². The molecule has 0 saturated carbocycles. The number of anilines is 3. The van der Waals surface area contributed by atoms with Crippen molar-refractivity contribution in [2.75, 3.05) is 22.1 Å². The van der Waals surface area contributed by atoms with Crippen molar-refractivity contribution in [1.82, 2.24) is 0 Å². The van der Waals surface area contributed by atoms with Crippen molar-refractivity contribution in [2.45, 2.75) is 0 Å². The Morgan fingerprint density at radius 1 is 1.19 bits per heavy atom. The van der Waals surface area contributed by atoms with Crippen LogP contribution in [0.5, 0.6) is 0 Å². The summed E-state index contributed by atoms with van der Waals surface area (Å²) in [5, 5.41) is 7.08. The molecule has 0 bridgehead atoms. The molecule has 3 rings (SSSR count). The minimum atomic E-state index is -0.0889. The smallest absolute Gasteiger partial charge is 0.244 e. The molecule has 2 aromatic rings. The number of carbonyl (C=O) groups excluding carboxylic acids is 1. The van der Waals surface area contributed by atoms with Crippen molar-refractivity contribution >= 4 is 51.9 Å². The van der Waals surface area contributed by atoms with Gasteiger partial charge in [0.15, 0.2) is 5.11 Å². The molecule has 2 N–H and O–H groups in total. The van der Waals surface area contributed by atoms with Crippen LogP contribution in [0, 0.1) is 0 Å². The first-order valence-electron chi connectivity index (χ1n) is 6.36. The molecule has 1 aliphatic rings. The van der Waals surface area contributed by atoms with Crippen molar-refractivity contribution in [3.63, 3.8) is 0 Å². The molecule has 1 amide bonds. The fourth-order valence-corrected chi connectivity index (χ4v) is 2.55. The predicted molar refractivity (Wildman–Crippen MR) is 90.1 cm³/mol. The summed E-state index contributed by atoms with van der Waals surface area (Å²) in [6.07, 6.45) is 0. The first-order chi connectivity index (χ1) is 10.1. The van der Waals surface area contributed by atoms with Crippen LogP contribution in [0.3, 0.4) is 0 Å². The van der Waals surface area contributed by atoms with Gasteiger partial charge in [0, 0.05) is 10.7 Å². The van der Waals surface area contributed by atoms with Crippen LogP contribution in [0.15, 0.2) is 48.5 Å². The molecule has 0 fully saturated rings. The molecular formula is C15H12ClN3OS. The van der Waals surface area contributed by atoms with Crippen molar-refractivity contribution in [3.8, 4) is 0 Å². The van der Waals surface area contributed by atoms with E-state index in [1.807, 2.05) is 36.4 Å². The van der Waals surface area contributed by atoms with Gasteiger partial charge in [0.1, 0.15) is 6.54 Å². The summed E-state index contributed by atoms with van der Waals surface area (Å²) in [6.45, 7) is 0.191. The summed E-state index contributed by atoms with van der Waals surface area (Å²) < 4.78 is 0. The SMILES string of the molecule is O=C1CN(C(=S)Nc2ccc(Cl)cc2)c2ccccc2N1. The third-order valence-corrected chi connectivity index (χ3v) is 3.69. The summed E-state index contributed by atoms with van der Waals surface area (Å²) in [5.74, 6) is -0.0889. The van der Waals surface area contributed by atoms with Gasteiger partial charge in [-0.25, -0.2) is 0 Å². The number of para-hydroxylation sites is 2. The quantitative estimate of drug-likeness (QED) is 0.790. The van der Waals surface area contributed by atoms with Crippen molar-refractivity contribution in [3.05, 3.63) is 53.6 Å². The van der Waals surface area contributed by atoms with E-state index in [9.17, 15) is 4.79 Å². The molecule has 106 valence electrons. The highest BCUT2D eigenvalue weighted by Crippen LogP contribution is 2.29. The van der Waals surface area contributed by atoms with Crippen molar-refractivity contribution in [2.24, 2.45) is 0 Å². The standard InChI is InChI=1S/C15H12ClN3OS/c16-10-5-7-11(8-6-10)17-15(21)19-9-14(20)18-12-3-1-2-4-13(12)19/h1-8H,9H2,(H,17,21)(H,18,20). The topological polar surface area (TPSA) is 44.4 Å². The van der Waals surface area contributed by atoms with E-state index < -0.39 is 0 Å². The molecule has 4 nitrogen and oxygen atoms in total. The molecular weight excluding hydrogens is 306 g/mol. The highest BCUT2D eigenvalue weighted by Gasteiger charge is 2.24. The maximum Gasteiger partial charge on any atom is 0.244 e. The molecule has 1 heterocycles. The van der Waals surface area contributed by atoms with E-state index >= 15 is 0 Å². The number of carbonyl (C=O) groups is 1. The number of nitrogens with zero attached hydrogens (tertiary/aromatic N) is 1. The summed E-state index contributed by atoms with van der Waals surface area (Å²) in [4.78, 5) is 13.6. The molecule has 0 unspecified atom stereocenters. The number of hydrogen-bond donors (Lipinski definition) is 2. The zero-order chi connectivity index (χ0) is 14.8. The Morgan fingerprint density at radius 2 is 1.90 bits per heavy atom. The molecule has 0 spiro atoms. The number of amides is 1. The van der Waals surface area contributed by atoms with E-state index in [1.54, 1.807) is 17.0 Å². The lowest BCUT2D eigenvalue weighted by molar-refractivity contribution is -0.115. The Balaban J connectivity index is 1.84. The third kappa shape index (κ3) is 2.99. The van der Waals surface area contributed by atoms with E-state index in [-0.39, 0.29) is 12.5 Å². The normalized spacial score (nSPS) is 13.4. The van der Waals surface area contributed by atoms with Crippen LogP contribution in [-0.2, 0) is 4.79 Å². The fourth-order valence-electron chi connectivity index (χ4n) is 2.14. The molecule has 21 heavy (non-hydrogen) atoms. The molecule has 0 radical (unpaired) electrons. The van der Waals surface area contributed by atoms with Crippen molar-refractivity contribution in [1.29, 1.82) is 0 Å². The van der Waals surface area contributed by atoms with Crippen LogP contribution in [-0.4, -0.2) is 17.6 Å². The molecule has 2 aromatic carbocycles. The Bertz CT molecular complexity index is 702. The van der Waals surface area contributed by atoms with Crippen LogP contribution in [0.1, 0.15) is 0 Å². The van der Waals surface area contributed by atoms with E-state index in [0.717, 1.165) is 17.1 Å². The highest BCUT2D eigenvalue weighted by molar-refractivity contribution is 7.80. The van der Waals surface area contributed by atoms with Gasteiger partial charge >= 0.3 is 0 Å². The lowest BCUT2D eigenvalue weighted by atomic mass is 10.2. The van der Waals surface area contributed by atoms with E-state index in [0.29, 0.717) is 10.1 Å². The van der Waals surface area contributed by atoms with Crippen LogP contribution < -0.4 is 15.5 Å². The minimum absolute atomic E-state index is 0.0889. The molecule has 1 aliphatic heterocycles. The van der Waals surface area contributed by atoms with Gasteiger partial charge in [-0.1, -0.05) is 23.7 Å². The predicted octanol–water partition coefficient (Wildman–Crippen LogP) is 3.50. The summed E-state index contributed by atoms with van der Waals surface area (Å²) >= 11 is 11.3. The van der Waals surface area contributed by atoms with E-state index in [1.165, 1.54) is 0 Å². The molecule has 0 saturated heterocycles. The zero-order valence-electron chi connectivity index (χ0n) is 11.0. The monoisotopic (exact) mass is 317 g/mol. The van der Waals surface area contributed by atoms with Crippen LogP contribution in [0.25, 0.3) is 0 Å². The molecule has 0 aromatic heterocycles. The van der Waals surface area contributed by atoms with Gasteiger partial charge in [-0.3, -0.25) is 4.79 Å². The van der Waals surface area contributed by atoms with E-state index in [4.69, 9.17) is 23.8 Å². The second kappa shape index (κ2) is 5.71. The lowest BCUT2D eigenvalue weighted by Crippen LogP contribution is -2.44. The summed E-state index contributed by atoms with van der Waals surface area (Å²) in [7, 11) is 0. The number of nitrogens with one attached hydrogen (secondary N) is 2. The minimum Gasteiger partial charge on any atom is -0.332 e. The third-order valence-electron chi connectivity index (χ3n) is 3.11. The maximum atomic E-state index is 11.8. The fraction of sp³-hybridized carbons (Fsp3) is 0.0667. The number of benzene rings is 2. The Hall–Kier alpha value is -2.11. The summed E-state index contributed by atoms with van der Waals surface area (Å²) in [5.41, 5.74) is 2.46. The second-order valence-corrected chi connectivity index (χ2v) is 5.41. The maximum absolute atomic E-state index is 11.8. The van der Waals surface area contributed by atoms with Gasteiger partial charge in [0.05, 0.1) is 11.4 Å². The van der Waals surface area contributed by atoms with Crippen LogP contribution >= 0.6 is 23.8 Å². The number of rotatable bonds is 1. The van der Waals surface area contributed by atoms with Crippen LogP contribution in [0.2, 0.25) is 5.02 Å². The Morgan fingerprint density at radius 3 is 2.67 bits per heavy atom. The Kier molecular flexibility index (Phi) is 3.77. The first-order valence-corrected chi connectivity index (χ1v) is 7.15. The largest absolute Gasteiger partial charge is 0.332 e. The van der Waals surface area contributed by atoms with Gasteiger partial charge in [-0.05, 0) is 48.6 Å². The van der Waals surface area contributed by atoms with Gasteiger partial charge in [0.2, 0.25) is 5.91 Å². The Labute approximate surface area is 132 Å². The second-order valence-electron chi connectivity index (χ2n) is 4.59. The average Bonchev–Trinajstić information content (AvgIpc) is 2.48. The molecule has 0 aliphatic carbocycles. The van der Waals surface area contributed by atoms with Gasteiger partial charge in [-0.2, -0.15) is 0 Å². The number of thiocarbonyl (C=S) groups is 1. The molecule has 6 heteroatoms. The van der Waals surface area contributed by atoms with E-state index in [2.05, 4.69) is 10.6 Å². The molecule has 0 atom stereocenters. The lowest BCUT2D eigenvalue weighted by Gasteiger charge is -2.31.